The van der Waals surface area contributed by atoms with Crippen molar-refractivity contribution in [3.8, 4) is 5.75 Å². The van der Waals surface area contributed by atoms with Gasteiger partial charge < -0.3 is 14.7 Å². The molecule has 0 aliphatic carbocycles. The minimum absolute atomic E-state index is 0.00272. The smallest absolute Gasteiger partial charge is 0.307 e. The number of fused-ring (bicyclic) bond motifs is 1. The van der Waals surface area contributed by atoms with Crippen LogP contribution in [0.2, 0.25) is 5.02 Å². The van der Waals surface area contributed by atoms with Crippen LogP contribution in [0.4, 0.5) is 5.69 Å². The molecular weight excluding hydrogens is 242 g/mol. The molecule has 0 saturated heterocycles. The van der Waals surface area contributed by atoms with Crippen molar-refractivity contribution < 1.29 is 14.6 Å². The molecule has 0 radical (unpaired) electrons. The molecule has 2 atom stereocenters. The number of nitrogens with zero attached hydrogens (tertiary/aromatic N) is 1. The average Bonchev–Trinajstić information content (AvgIpc) is 2.26. The number of likely N-dealkylation sites (N-methyl/N-ethyl adjacent to an activating group) is 1. The molecule has 5 heteroatoms. The number of rotatable bonds is 2. The highest BCUT2D eigenvalue weighted by atomic mass is 35.5. The molecule has 0 spiro atoms. The topological polar surface area (TPSA) is 49.8 Å². The van der Waals surface area contributed by atoms with E-state index in [0.29, 0.717) is 10.8 Å². The molecule has 1 aromatic rings. The first kappa shape index (κ1) is 12.0. The van der Waals surface area contributed by atoms with Crippen molar-refractivity contribution in [3.05, 3.63) is 23.2 Å². The molecule has 2 rings (SSSR count). The Balaban J connectivity index is 2.36. The van der Waals surface area contributed by atoms with Gasteiger partial charge in [-0.3, -0.25) is 4.79 Å². The number of para-hydroxylation sites is 1. The Bertz CT molecular complexity index is 449. The van der Waals surface area contributed by atoms with Crippen LogP contribution in [0, 0.1) is 0 Å². The van der Waals surface area contributed by atoms with E-state index in [-0.39, 0.29) is 18.6 Å². The Morgan fingerprint density at radius 3 is 2.94 bits per heavy atom. The van der Waals surface area contributed by atoms with Crippen molar-refractivity contribution in [1.82, 2.24) is 0 Å². The predicted molar refractivity (Wildman–Crippen MR) is 66.0 cm³/mol. The number of carboxylic acid groups (broad SMARTS) is 1. The fourth-order valence-electron chi connectivity index (χ4n) is 1.99. The Kier molecular flexibility index (Phi) is 3.15. The molecular formula is C12H14ClNO3. The molecule has 1 heterocycles. The first-order valence-corrected chi connectivity index (χ1v) is 5.78. The summed E-state index contributed by atoms with van der Waals surface area (Å²) in [4.78, 5) is 12.8. The minimum atomic E-state index is -0.870. The highest BCUT2D eigenvalue weighted by molar-refractivity contribution is 6.32. The highest BCUT2D eigenvalue weighted by Gasteiger charge is 2.33. The molecule has 4 nitrogen and oxygen atoms in total. The van der Waals surface area contributed by atoms with Crippen LogP contribution in [0.25, 0.3) is 0 Å². The van der Waals surface area contributed by atoms with Crippen molar-refractivity contribution in [2.75, 3.05) is 11.9 Å². The van der Waals surface area contributed by atoms with Crippen molar-refractivity contribution in [2.24, 2.45) is 0 Å². The van der Waals surface area contributed by atoms with Crippen LogP contribution in [0.1, 0.15) is 13.3 Å². The third-order valence-corrected chi connectivity index (χ3v) is 3.42. The molecule has 1 aliphatic heterocycles. The van der Waals surface area contributed by atoms with Gasteiger partial charge in [0.15, 0.2) is 5.75 Å². The summed E-state index contributed by atoms with van der Waals surface area (Å²) in [6, 6.07) is 5.50. The van der Waals surface area contributed by atoms with E-state index in [1.54, 1.807) is 6.07 Å². The SMILES string of the molecule is CC1C(CC(=O)O)Oc2c(Cl)cccc2N1C. The van der Waals surface area contributed by atoms with Crippen LogP contribution >= 0.6 is 11.6 Å². The number of halogens is 1. The van der Waals surface area contributed by atoms with Gasteiger partial charge in [-0.05, 0) is 19.1 Å². The lowest BCUT2D eigenvalue weighted by atomic mass is 10.0. The zero-order chi connectivity index (χ0) is 12.6. The Hall–Kier alpha value is -1.42. The normalized spacial score (nSPS) is 22.9. The van der Waals surface area contributed by atoms with Crippen LogP contribution < -0.4 is 9.64 Å². The van der Waals surface area contributed by atoms with Gasteiger partial charge in [0.1, 0.15) is 6.10 Å². The fourth-order valence-corrected chi connectivity index (χ4v) is 2.21. The summed E-state index contributed by atoms with van der Waals surface area (Å²) >= 11 is 6.06. The predicted octanol–water partition coefficient (Wildman–Crippen LogP) is 2.40. The summed E-state index contributed by atoms with van der Waals surface area (Å²) in [5.41, 5.74) is 0.895. The van der Waals surface area contributed by atoms with E-state index in [1.807, 2.05) is 31.0 Å². The third kappa shape index (κ3) is 2.17. The largest absolute Gasteiger partial charge is 0.484 e. The van der Waals surface area contributed by atoms with E-state index in [2.05, 4.69) is 0 Å². The number of hydrogen-bond acceptors (Lipinski definition) is 3. The lowest BCUT2D eigenvalue weighted by molar-refractivity contribution is -0.139. The maximum absolute atomic E-state index is 10.8. The first-order valence-electron chi connectivity index (χ1n) is 5.40. The molecule has 17 heavy (non-hydrogen) atoms. The Morgan fingerprint density at radius 2 is 2.29 bits per heavy atom. The Labute approximate surface area is 105 Å². The summed E-state index contributed by atoms with van der Waals surface area (Å²) in [5, 5.41) is 9.37. The van der Waals surface area contributed by atoms with Gasteiger partial charge in [-0.1, -0.05) is 17.7 Å². The van der Waals surface area contributed by atoms with Gasteiger partial charge in [0.25, 0.3) is 0 Å². The summed E-state index contributed by atoms with van der Waals surface area (Å²) in [6.45, 7) is 1.94. The molecule has 0 amide bonds. The second-order valence-electron chi connectivity index (χ2n) is 4.19. The summed E-state index contributed by atoms with van der Waals surface area (Å²) in [6.07, 6.45) is -0.416. The maximum Gasteiger partial charge on any atom is 0.307 e. The molecule has 92 valence electrons. The lowest BCUT2D eigenvalue weighted by Crippen LogP contribution is -2.47. The number of hydrogen-bond donors (Lipinski definition) is 1. The van der Waals surface area contributed by atoms with Crippen LogP contribution in [0.15, 0.2) is 18.2 Å². The number of benzene rings is 1. The van der Waals surface area contributed by atoms with Gasteiger partial charge in [-0.25, -0.2) is 0 Å². The van der Waals surface area contributed by atoms with Gasteiger partial charge in [-0.15, -0.1) is 0 Å². The lowest BCUT2D eigenvalue weighted by Gasteiger charge is -2.39. The van der Waals surface area contributed by atoms with Gasteiger partial charge >= 0.3 is 5.97 Å². The number of carbonyl (C=O) groups is 1. The van der Waals surface area contributed by atoms with E-state index in [0.717, 1.165) is 5.69 Å². The standard InChI is InChI=1S/C12H14ClNO3/c1-7-10(6-11(15)16)17-12-8(13)4-3-5-9(12)14(7)2/h3-5,7,10H,6H2,1-2H3,(H,15,16). The number of carboxylic acids is 1. The average molecular weight is 256 g/mol. The second-order valence-corrected chi connectivity index (χ2v) is 4.60. The number of anilines is 1. The highest BCUT2D eigenvalue weighted by Crippen LogP contribution is 2.41. The minimum Gasteiger partial charge on any atom is -0.484 e. The number of aliphatic carboxylic acids is 1. The van der Waals surface area contributed by atoms with E-state index < -0.39 is 5.97 Å². The fraction of sp³-hybridized carbons (Fsp3) is 0.417. The zero-order valence-electron chi connectivity index (χ0n) is 9.68. The van der Waals surface area contributed by atoms with Gasteiger partial charge in [0.2, 0.25) is 0 Å². The van der Waals surface area contributed by atoms with E-state index >= 15 is 0 Å². The van der Waals surface area contributed by atoms with Gasteiger partial charge in [0.05, 0.1) is 23.2 Å². The summed E-state index contributed by atoms with van der Waals surface area (Å²) in [7, 11) is 1.91. The van der Waals surface area contributed by atoms with Crippen LogP contribution in [-0.4, -0.2) is 30.3 Å². The van der Waals surface area contributed by atoms with Crippen LogP contribution in [0.5, 0.6) is 5.75 Å². The summed E-state index contributed by atoms with van der Waals surface area (Å²) < 4.78 is 5.70. The monoisotopic (exact) mass is 255 g/mol. The second kappa shape index (κ2) is 4.45. The molecule has 0 bridgehead atoms. The molecule has 2 unspecified atom stereocenters. The third-order valence-electron chi connectivity index (χ3n) is 3.12. The van der Waals surface area contributed by atoms with Crippen molar-refractivity contribution in [2.45, 2.75) is 25.5 Å². The van der Waals surface area contributed by atoms with E-state index in [4.69, 9.17) is 21.4 Å². The molecule has 0 aromatic heterocycles. The quantitative estimate of drug-likeness (QED) is 0.882. The van der Waals surface area contributed by atoms with Gasteiger partial charge in [0, 0.05) is 7.05 Å². The van der Waals surface area contributed by atoms with Crippen LogP contribution in [-0.2, 0) is 4.79 Å². The summed E-state index contributed by atoms with van der Waals surface area (Å²) in [5.74, 6) is -0.299. The van der Waals surface area contributed by atoms with Crippen LogP contribution in [0.3, 0.4) is 0 Å². The van der Waals surface area contributed by atoms with Crippen molar-refractivity contribution in [3.63, 3.8) is 0 Å². The van der Waals surface area contributed by atoms with Crippen molar-refractivity contribution in [1.29, 1.82) is 0 Å². The van der Waals surface area contributed by atoms with E-state index in [1.165, 1.54) is 0 Å². The van der Waals surface area contributed by atoms with E-state index in [9.17, 15) is 4.79 Å². The molecule has 0 fully saturated rings. The van der Waals surface area contributed by atoms with Crippen molar-refractivity contribution >= 4 is 23.3 Å². The first-order chi connectivity index (χ1) is 8.00. The molecule has 0 saturated carbocycles. The molecule has 1 aromatic carbocycles. The maximum atomic E-state index is 10.8. The molecule has 1 aliphatic rings. The Morgan fingerprint density at radius 1 is 1.59 bits per heavy atom. The molecule has 1 N–H and O–H groups in total. The van der Waals surface area contributed by atoms with Gasteiger partial charge in [-0.2, -0.15) is 0 Å². The number of ether oxygens (including phenoxy) is 1. The zero-order valence-corrected chi connectivity index (χ0v) is 10.4.